The number of hydrogen-bond acceptors (Lipinski definition) is 1. The minimum absolute atomic E-state index is 0.158. The fourth-order valence-electron chi connectivity index (χ4n) is 1.63. The Morgan fingerprint density at radius 2 is 2.23 bits per heavy atom. The summed E-state index contributed by atoms with van der Waals surface area (Å²) in [6.45, 7) is 3.88. The minimum atomic E-state index is -0.758. The Morgan fingerprint density at radius 1 is 1.62 bits per heavy atom. The van der Waals surface area contributed by atoms with Crippen LogP contribution in [0, 0.1) is 0 Å². The van der Waals surface area contributed by atoms with Crippen molar-refractivity contribution < 1.29 is 9.90 Å². The van der Waals surface area contributed by atoms with Crippen LogP contribution >= 0.6 is 0 Å². The van der Waals surface area contributed by atoms with Crippen LogP contribution in [-0.4, -0.2) is 15.6 Å². The predicted octanol–water partition coefficient (Wildman–Crippen LogP) is 1.78. The number of aromatic nitrogens is 1. The highest BCUT2D eigenvalue weighted by Crippen LogP contribution is 2.26. The highest BCUT2D eigenvalue weighted by atomic mass is 16.4. The largest absolute Gasteiger partial charge is 0.481 e. The molecule has 0 saturated heterocycles. The normalized spacial score (nSPS) is 11.6. The third-order valence-corrected chi connectivity index (χ3v) is 2.23. The highest BCUT2D eigenvalue weighted by Gasteiger charge is 2.25. The lowest BCUT2D eigenvalue weighted by atomic mass is 9.85. The van der Waals surface area contributed by atoms with E-state index >= 15 is 0 Å². The summed E-state index contributed by atoms with van der Waals surface area (Å²) in [5.74, 6) is -0.758. The molecule has 0 aromatic carbocycles. The van der Waals surface area contributed by atoms with Gasteiger partial charge >= 0.3 is 5.97 Å². The summed E-state index contributed by atoms with van der Waals surface area (Å²) in [6.07, 6.45) is 2.09. The molecule has 1 rings (SSSR count). The average Bonchev–Trinajstić information content (AvgIpc) is 2.32. The number of aryl methyl sites for hydroxylation is 1. The number of rotatable bonds is 3. The van der Waals surface area contributed by atoms with Gasteiger partial charge in [0.15, 0.2) is 0 Å². The maximum atomic E-state index is 10.6. The minimum Gasteiger partial charge on any atom is -0.481 e. The van der Waals surface area contributed by atoms with Crippen LogP contribution in [0.5, 0.6) is 0 Å². The zero-order chi connectivity index (χ0) is 10.1. The van der Waals surface area contributed by atoms with E-state index in [1.54, 1.807) is 0 Å². The van der Waals surface area contributed by atoms with Gasteiger partial charge in [-0.15, -0.1) is 0 Å². The van der Waals surface area contributed by atoms with Crippen molar-refractivity contribution in [2.24, 2.45) is 7.05 Å². The summed E-state index contributed by atoms with van der Waals surface area (Å²) < 4.78 is 1.96. The van der Waals surface area contributed by atoms with Crippen molar-refractivity contribution in [2.75, 3.05) is 0 Å². The molecule has 0 spiro atoms. The quantitative estimate of drug-likeness (QED) is 0.772. The molecule has 0 radical (unpaired) electrons. The summed E-state index contributed by atoms with van der Waals surface area (Å²) in [5.41, 5.74) is 0.749. The van der Waals surface area contributed by atoms with E-state index in [1.165, 1.54) is 0 Å². The molecule has 0 saturated carbocycles. The topological polar surface area (TPSA) is 42.2 Å². The van der Waals surface area contributed by atoms with Gasteiger partial charge in [-0.25, -0.2) is 0 Å². The second kappa shape index (κ2) is 3.24. The highest BCUT2D eigenvalue weighted by molar-refractivity contribution is 5.68. The number of carbonyl (C=O) groups is 1. The lowest BCUT2D eigenvalue weighted by Crippen LogP contribution is -2.24. The molecule has 0 aliphatic rings. The van der Waals surface area contributed by atoms with Crippen molar-refractivity contribution in [3.8, 4) is 0 Å². The SMILES string of the molecule is Cn1cccc1C(C)(C)CC(=O)O. The van der Waals surface area contributed by atoms with Gasteiger partial charge in [-0.1, -0.05) is 13.8 Å². The van der Waals surface area contributed by atoms with Crippen LogP contribution in [0.3, 0.4) is 0 Å². The number of carboxylic acids is 1. The van der Waals surface area contributed by atoms with Crippen LogP contribution in [0.4, 0.5) is 0 Å². The lowest BCUT2D eigenvalue weighted by molar-refractivity contribution is -0.138. The molecule has 1 aromatic rings. The van der Waals surface area contributed by atoms with E-state index in [4.69, 9.17) is 5.11 Å². The van der Waals surface area contributed by atoms with Gasteiger partial charge in [0.25, 0.3) is 0 Å². The van der Waals surface area contributed by atoms with Crippen LogP contribution in [-0.2, 0) is 17.3 Å². The van der Waals surface area contributed by atoms with Crippen LogP contribution in [0.1, 0.15) is 26.0 Å². The first-order valence-corrected chi connectivity index (χ1v) is 4.27. The van der Waals surface area contributed by atoms with Crippen molar-refractivity contribution in [1.29, 1.82) is 0 Å². The first-order chi connectivity index (χ1) is 5.93. The zero-order valence-corrected chi connectivity index (χ0v) is 8.24. The lowest BCUT2D eigenvalue weighted by Gasteiger charge is -2.23. The predicted molar refractivity (Wildman–Crippen MR) is 50.7 cm³/mol. The number of carboxylic acid groups (broad SMARTS) is 1. The van der Waals surface area contributed by atoms with Gasteiger partial charge in [-0.05, 0) is 12.1 Å². The van der Waals surface area contributed by atoms with Gasteiger partial charge in [0.05, 0.1) is 6.42 Å². The van der Waals surface area contributed by atoms with Crippen molar-refractivity contribution in [1.82, 2.24) is 4.57 Å². The standard InChI is InChI=1S/C10H15NO2/c1-10(2,7-9(12)13)8-5-4-6-11(8)3/h4-6H,7H2,1-3H3,(H,12,13). The molecule has 3 nitrogen and oxygen atoms in total. The van der Waals surface area contributed by atoms with Crippen LogP contribution in [0.15, 0.2) is 18.3 Å². The van der Waals surface area contributed by atoms with Gasteiger partial charge in [-0.3, -0.25) is 4.79 Å². The van der Waals surface area contributed by atoms with Gasteiger partial charge in [0.2, 0.25) is 0 Å². The van der Waals surface area contributed by atoms with E-state index in [-0.39, 0.29) is 11.8 Å². The molecule has 1 aromatic heterocycles. The first kappa shape index (κ1) is 9.84. The second-order valence-corrected chi connectivity index (χ2v) is 3.96. The van der Waals surface area contributed by atoms with E-state index in [9.17, 15) is 4.79 Å². The monoisotopic (exact) mass is 181 g/mol. The summed E-state index contributed by atoms with van der Waals surface area (Å²) >= 11 is 0. The summed E-state index contributed by atoms with van der Waals surface area (Å²) in [4.78, 5) is 10.6. The number of aliphatic carboxylic acids is 1. The maximum absolute atomic E-state index is 10.6. The Morgan fingerprint density at radius 3 is 2.62 bits per heavy atom. The molecule has 1 N–H and O–H groups in total. The van der Waals surface area contributed by atoms with E-state index < -0.39 is 5.97 Å². The Labute approximate surface area is 78.0 Å². The summed E-state index contributed by atoms with van der Waals surface area (Å²) in [5, 5.41) is 8.73. The van der Waals surface area contributed by atoms with E-state index in [1.807, 2.05) is 43.8 Å². The number of nitrogens with zero attached hydrogens (tertiary/aromatic N) is 1. The van der Waals surface area contributed by atoms with Gasteiger partial charge in [-0.2, -0.15) is 0 Å². The summed E-state index contributed by atoms with van der Waals surface area (Å²) in [6, 6.07) is 3.89. The Bertz CT molecular complexity index is 312. The van der Waals surface area contributed by atoms with E-state index in [0.717, 1.165) is 5.69 Å². The first-order valence-electron chi connectivity index (χ1n) is 4.27. The maximum Gasteiger partial charge on any atom is 0.304 e. The van der Waals surface area contributed by atoms with Gasteiger partial charge in [0.1, 0.15) is 0 Å². The summed E-state index contributed by atoms with van der Waals surface area (Å²) in [7, 11) is 1.93. The molecule has 1 heterocycles. The fraction of sp³-hybridized carbons (Fsp3) is 0.500. The molecule has 72 valence electrons. The molecular formula is C10H15NO2. The molecule has 13 heavy (non-hydrogen) atoms. The zero-order valence-electron chi connectivity index (χ0n) is 8.24. The molecule has 0 atom stereocenters. The molecule has 0 aliphatic heterocycles. The number of hydrogen-bond donors (Lipinski definition) is 1. The molecule has 0 fully saturated rings. The van der Waals surface area contributed by atoms with Crippen molar-refractivity contribution >= 4 is 5.97 Å². The smallest absolute Gasteiger partial charge is 0.304 e. The average molecular weight is 181 g/mol. The van der Waals surface area contributed by atoms with Gasteiger partial charge in [0, 0.05) is 24.4 Å². The van der Waals surface area contributed by atoms with Gasteiger partial charge < -0.3 is 9.67 Å². The molecule has 3 heteroatoms. The molecular weight excluding hydrogens is 166 g/mol. The van der Waals surface area contributed by atoms with Crippen LogP contribution < -0.4 is 0 Å². The Kier molecular flexibility index (Phi) is 2.45. The molecule has 0 bridgehead atoms. The third kappa shape index (κ3) is 2.11. The third-order valence-electron chi connectivity index (χ3n) is 2.23. The van der Waals surface area contributed by atoms with Crippen LogP contribution in [0.2, 0.25) is 0 Å². The van der Waals surface area contributed by atoms with Crippen LogP contribution in [0.25, 0.3) is 0 Å². The van der Waals surface area contributed by atoms with Crippen molar-refractivity contribution in [3.05, 3.63) is 24.0 Å². The molecule has 0 amide bonds. The van der Waals surface area contributed by atoms with E-state index in [0.29, 0.717) is 0 Å². The second-order valence-electron chi connectivity index (χ2n) is 3.96. The van der Waals surface area contributed by atoms with E-state index in [2.05, 4.69) is 0 Å². The Hall–Kier alpha value is -1.25. The Balaban J connectivity index is 2.93. The van der Waals surface area contributed by atoms with Crippen molar-refractivity contribution in [3.63, 3.8) is 0 Å². The molecule has 0 aliphatic carbocycles. The fourth-order valence-corrected chi connectivity index (χ4v) is 1.63. The van der Waals surface area contributed by atoms with Crippen molar-refractivity contribution in [2.45, 2.75) is 25.7 Å². The molecule has 0 unspecified atom stereocenters.